The molecule has 0 radical (unpaired) electrons. The number of nitrogens with zero attached hydrogens (tertiary/aromatic N) is 1. The van der Waals surface area contributed by atoms with Gasteiger partial charge in [0.05, 0.1) is 5.56 Å². The molecule has 0 aliphatic carbocycles. The van der Waals surface area contributed by atoms with Crippen LogP contribution in [0.5, 0.6) is 0 Å². The van der Waals surface area contributed by atoms with Gasteiger partial charge in [0.1, 0.15) is 0 Å². The maximum atomic E-state index is 13.0. The lowest BCUT2D eigenvalue weighted by Gasteiger charge is -2.13. The Morgan fingerprint density at radius 2 is 1.68 bits per heavy atom. The lowest BCUT2D eigenvalue weighted by atomic mass is 10.2. The molecule has 1 aliphatic rings. The van der Waals surface area contributed by atoms with Crippen molar-refractivity contribution in [1.29, 1.82) is 0 Å². The number of carbonyl (C=O) groups excluding carboxylic acids is 3. The van der Waals surface area contributed by atoms with Gasteiger partial charge >= 0.3 is 5.97 Å². The largest absolute Gasteiger partial charge is 0.398 e. The number of rotatable bonds is 2. The van der Waals surface area contributed by atoms with Gasteiger partial charge in [-0.05, 0) is 6.07 Å². The van der Waals surface area contributed by atoms with Gasteiger partial charge in [-0.2, -0.15) is 0 Å². The van der Waals surface area contributed by atoms with Crippen LogP contribution >= 0.6 is 0 Å². The van der Waals surface area contributed by atoms with Crippen molar-refractivity contribution in [2.45, 2.75) is 12.8 Å². The minimum atomic E-state index is -1.29. The van der Waals surface area contributed by atoms with Crippen LogP contribution in [0.3, 0.4) is 0 Å². The van der Waals surface area contributed by atoms with Gasteiger partial charge in [-0.3, -0.25) is 9.59 Å². The van der Waals surface area contributed by atoms with Gasteiger partial charge < -0.3 is 10.6 Å². The molecule has 1 aliphatic heterocycles. The molecule has 0 aromatic heterocycles. The number of amides is 2. The number of hydrogen-bond donors (Lipinski definition) is 1. The molecule has 19 heavy (non-hydrogen) atoms. The van der Waals surface area contributed by atoms with E-state index in [0.717, 1.165) is 0 Å². The van der Waals surface area contributed by atoms with Crippen LogP contribution in [0.25, 0.3) is 0 Å². The van der Waals surface area contributed by atoms with Crippen LogP contribution in [-0.2, 0) is 14.4 Å². The Balaban J connectivity index is 2.23. The second-order valence-electron chi connectivity index (χ2n) is 3.81. The predicted molar refractivity (Wildman–Crippen MR) is 57.3 cm³/mol. The molecule has 1 aromatic carbocycles. The normalized spacial score (nSPS) is 14.9. The lowest BCUT2D eigenvalue weighted by molar-refractivity contribution is -0.172. The van der Waals surface area contributed by atoms with E-state index in [1.54, 1.807) is 0 Å². The Morgan fingerprint density at radius 3 is 2.26 bits per heavy atom. The highest BCUT2D eigenvalue weighted by Crippen LogP contribution is 2.20. The van der Waals surface area contributed by atoms with Gasteiger partial charge in [0.25, 0.3) is 11.8 Å². The van der Waals surface area contributed by atoms with Crippen LogP contribution in [0.1, 0.15) is 23.2 Å². The summed E-state index contributed by atoms with van der Waals surface area (Å²) in [7, 11) is 0. The van der Waals surface area contributed by atoms with E-state index in [-0.39, 0.29) is 18.5 Å². The number of benzene rings is 1. The molecule has 8 heteroatoms. The number of nitrogen functional groups attached to an aromatic ring is 1. The minimum Gasteiger partial charge on any atom is -0.398 e. The number of hydrogen-bond acceptors (Lipinski definition) is 5. The van der Waals surface area contributed by atoms with Crippen LogP contribution in [0.2, 0.25) is 0 Å². The van der Waals surface area contributed by atoms with E-state index < -0.39 is 35.0 Å². The van der Waals surface area contributed by atoms with E-state index in [9.17, 15) is 23.2 Å². The van der Waals surface area contributed by atoms with Crippen LogP contribution in [0, 0.1) is 11.6 Å². The van der Waals surface area contributed by atoms with Crippen molar-refractivity contribution < 1.29 is 28.0 Å². The molecule has 2 rings (SSSR count). The number of imide groups is 1. The Kier molecular flexibility index (Phi) is 3.16. The molecular formula is C11H8F2N2O4. The van der Waals surface area contributed by atoms with E-state index in [1.165, 1.54) is 0 Å². The molecule has 1 aromatic rings. The van der Waals surface area contributed by atoms with Crippen molar-refractivity contribution in [1.82, 2.24) is 5.06 Å². The maximum absolute atomic E-state index is 13.0. The number of anilines is 1. The van der Waals surface area contributed by atoms with Gasteiger partial charge in [-0.25, -0.2) is 13.6 Å². The number of hydroxylamine groups is 2. The zero-order chi connectivity index (χ0) is 14.2. The smallest absolute Gasteiger partial charge is 0.366 e. The van der Waals surface area contributed by atoms with Gasteiger partial charge in [0, 0.05) is 24.6 Å². The Hall–Kier alpha value is -2.51. The molecule has 0 atom stereocenters. The zero-order valence-electron chi connectivity index (χ0n) is 9.48. The van der Waals surface area contributed by atoms with Crippen molar-refractivity contribution >= 4 is 23.5 Å². The highest BCUT2D eigenvalue weighted by Gasteiger charge is 2.33. The van der Waals surface area contributed by atoms with Crippen LogP contribution in [-0.4, -0.2) is 22.8 Å². The summed E-state index contributed by atoms with van der Waals surface area (Å²) in [6, 6.07) is 1.15. The first-order chi connectivity index (χ1) is 8.90. The molecule has 0 unspecified atom stereocenters. The van der Waals surface area contributed by atoms with E-state index in [0.29, 0.717) is 17.2 Å². The van der Waals surface area contributed by atoms with E-state index in [4.69, 9.17) is 5.73 Å². The summed E-state index contributed by atoms with van der Waals surface area (Å²) in [5.41, 5.74) is 4.51. The molecule has 0 spiro atoms. The predicted octanol–water partition coefficient (Wildman–Crippen LogP) is 0.768. The molecule has 6 nitrogen and oxygen atoms in total. The molecule has 0 saturated carbocycles. The van der Waals surface area contributed by atoms with Crippen LogP contribution in [0.4, 0.5) is 14.5 Å². The van der Waals surface area contributed by atoms with Crippen molar-refractivity contribution in [2.75, 3.05) is 5.73 Å². The number of nitrogens with two attached hydrogens (primary N) is 1. The summed E-state index contributed by atoms with van der Waals surface area (Å²) in [6.45, 7) is 0. The third-order valence-corrected chi connectivity index (χ3v) is 2.49. The zero-order valence-corrected chi connectivity index (χ0v) is 9.48. The fourth-order valence-corrected chi connectivity index (χ4v) is 1.53. The summed E-state index contributed by atoms with van der Waals surface area (Å²) in [6.07, 6.45) is -0.140. The standard InChI is InChI=1S/C11H8F2N2O4/c12-6-3-5(8(14)4-7(6)13)11(18)19-15-9(16)1-2-10(15)17/h3-4H,1-2,14H2. The molecular weight excluding hydrogens is 262 g/mol. The molecule has 2 amide bonds. The van der Waals surface area contributed by atoms with Gasteiger partial charge in [-0.15, -0.1) is 5.06 Å². The van der Waals surface area contributed by atoms with Crippen LogP contribution < -0.4 is 5.73 Å². The van der Waals surface area contributed by atoms with Gasteiger partial charge in [-0.1, -0.05) is 0 Å². The fourth-order valence-electron chi connectivity index (χ4n) is 1.53. The number of halogens is 2. The quantitative estimate of drug-likeness (QED) is 0.633. The summed E-state index contributed by atoms with van der Waals surface area (Å²) in [4.78, 5) is 38.6. The lowest BCUT2D eigenvalue weighted by Crippen LogP contribution is -2.32. The first-order valence-corrected chi connectivity index (χ1v) is 5.22. The topological polar surface area (TPSA) is 89.7 Å². The monoisotopic (exact) mass is 270 g/mol. The first-order valence-electron chi connectivity index (χ1n) is 5.22. The highest BCUT2D eigenvalue weighted by atomic mass is 19.2. The van der Waals surface area contributed by atoms with Crippen molar-refractivity contribution in [2.24, 2.45) is 0 Å². The second-order valence-corrected chi connectivity index (χ2v) is 3.81. The van der Waals surface area contributed by atoms with Gasteiger partial charge in [0.2, 0.25) is 0 Å². The van der Waals surface area contributed by atoms with E-state index >= 15 is 0 Å². The first kappa shape index (κ1) is 12.9. The highest BCUT2D eigenvalue weighted by molar-refractivity contribution is 6.03. The van der Waals surface area contributed by atoms with Gasteiger partial charge in [0.15, 0.2) is 11.6 Å². The third kappa shape index (κ3) is 2.37. The minimum absolute atomic E-state index is 0.0701. The average molecular weight is 270 g/mol. The molecule has 1 saturated heterocycles. The Bertz CT molecular complexity index is 572. The summed E-state index contributed by atoms with van der Waals surface area (Å²) in [5, 5.41) is 0.295. The number of carbonyl (C=O) groups is 3. The molecule has 2 N–H and O–H groups in total. The summed E-state index contributed by atoms with van der Waals surface area (Å²) >= 11 is 0. The Morgan fingerprint density at radius 1 is 1.16 bits per heavy atom. The van der Waals surface area contributed by atoms with Crippen LogP contribution in [0.15, 0.2) is 12.1 Å². The molecule has 100 valence electrons. The molecule has 0 bridgehead atoms. The van der Waals surface area contributed by atoms with Crippen molar-refractivity contribution in [3.8, 4) is 0 Å². The van der Waals surface area contributed by atoms with E-state index in [2.05, 4.69) is 4.84 Å². The van der Waals surface area contributed by atoms with E-state index in [1.807, 2.05) is 0 Å². The molecule has 1 fully saturated rings. The van der Waals surface area contributed by atoms with Crippen molar-refractivity contribution in [3.05, 3.63) is 29.3 Å². The fraction of sp³-hybridized carbons (Fsp3) is 0.182. The molecule has 1 heterocycles. The SMILES string of the molecule is Nc1cc(F)c(F)cc1C(=O)ON1C(=O)CCC1=O. The summed E-state index contributed by atoms with van der Waals surface area (Å²) < 4.78 is 25.8. The summed E-state index contributed by atoms with van der Waals surface area (Å²) in [5.74, 6) is -5.08. The Labute approximate surface area is 105 Å². The third-order valence-electron chi connectivity index (χ3n) is 2.49. The average Bonchev–Trinajstić information content (AvgIpc) is 2.65. The van der Waals surface area contributed by atoms with Crippen molar-refractivity contribution in [3.63, 3.8) is 0 Å². The second kappa shape index (κ2) is 4.63. The maximum Gasteiger partial charge on any atom is 0.366 e.